The number of para-hydroxylation sites is 1. The molecule has 1 aliphatic rings. The Hall–Kier alpha value is -1.85. The molecule has 0 amide bonds. The van der Waals surface area contributed by atoms with Gasteiger partial charge in [0.2, 0.25) is 0 Å². The van der Waals surface area contributed by atoms with E-state index in [0.29, 0.717) is 0 Å². The molecule has 0 saturated heterocycles. The van der Waals surface area contributed by atoms with Crippen molar-refractivity contribution in [3.63, 3.8) is 0 Å². The molecule has 2 rings (SSSR count). The van der Waals surface area contributed by atoms with Crippen molar-refractivity contribution in [1.82, 2.24) is 0 Å². The van der Waals surface area contributed by atoms with Gasteiger partial charge in [-0.1, -0.05) is 18.2 Å². The summed E-state index contributed by atoms with van der Waals surface area (Å²) in [5.74, 6) is -1.04. The van der Waals surface area contributed by atoms with Gasteiger partial charge >= 0.3 is 5.97 Å². The number of aliphatic hydroxyl groups is 1. The van der Waals surface area contributed by atoms with Crippen LogP contribution in [0.2, 0.25) is 0 Å². The van der Waals surface area contributed by atoms with Crippen molar-refractivity contribution >= 4 is 17.2 Å². The Bertz CT molecular complexity index is 471. The summed E-state index contributed by atoms with van der Waals surface area (Å²) >= 11 is 0. The van der Waals surface area contributed by atoms with Gasteiger partial charge in [-0.3, -0.25) is 4.79 Å². The van der Waals surface area contributed by atoms with Gasteiger partial charge in [-0.25, -0.2) is 0 Å². The Balaban J connectivity index is 2.29. The van der Waals surface area contributed by atoms with Crippen LogP contribution in [0.5, 0.6) is 0 Å². The zero-order valence-electron chi connectivity index (χ0n) is 9.13. The van der Waals surface area contributed by atoms with E-state index in [4.69, 9.17) is 10.8 Å². The minimum absolute atomic E-state index is 0.199. The Labute approximate surface area is 98.6 Å². The molecule has 90 valence electrons. The van der Waals surface area contributed by atoms with Crippen LogP contribution in [0.1, 0.15) is 12.0 Å². The lowest BCUT2D eigenvalue weighted by Crippen LogP contribution is -2.31. The van der Waals surface area contributed by atoms with Gasteiger partial charge < -0.3 is 21.3 Å². The highest BCUT2D eigenvalue weighted by molar-refractivity contribution is 5.83. The number of aliphatic hydroxyl groups excluding tert-OH is 1. The number of aliphatic carboxylic acids is 1. The Kier molecular flexibility index (Phi) is 3.12. The Morgan fingerprint density at radius 1 is 1.47 bits per heavy atom. The number of hydrogen-bond donors (Lipinski definition) is 4. The van der Waals surface area contributed by atoms with E-state index in [2.05, 4.69) is 5.32 Å². The second kappa shape index (κ2) is 4.57. The van der Waals surface area contributed by atoms with Crippen molar-refractivity contribution in [2.75, 3.05) is 5.32 Å². The molecule has 0 aromatic heterocycles. The highest BCUT2D eigenvalue weighted by Crippen LogP contribution is 2.31. The molecule has 1 aromatic rings. The monoisotopic (exact) mass is 234 g/mol. The molecule has 1 heterocycles. The molecule has 1 aromatic carbocycles. The standard InChI is InChI=1S/C12H14N2O3/c13-9(12(16)17)5-7-6-11(15)14-10-4-2-1-3-8(7)10/h1-4,6,9,11,14-15H,5,13H2,(H,16,17). The minimum Gasteiger partial charge on any atom is -0.480 e. The molecular formula is C12H14N2O3. The summed E-state index contributed by atoms with van der Waals surface area (Å²) in [5.41, 5.74) is 7.93. The van der Waals surface area contributed by atoms with Crippen molar-refractivity contribution in [3.05, 3.63) is 35.9 Å². The summed E-state index contributed by atoms with van der Waals surface area (Å²) in [6.45, 7) is 0. The fourth-order valence-corrected chi connectivity index (χ4v) is 1.87. The molecule has 0 saturated carbocycles. The predicted octanol–water partition coefficient (Wildman–Crippen LogP) is 0.616. The van der Waals surface area contributed by atoms with Crippen LogP contribution in [0.4, 0.5) is 5.69 Å². The number of carboxylic acid groups (broad SMARTS) is 1. The molecule has 2 unspecified atom stereocenters. The molecule has 0 radical (unpaired) electrons. The van der Waals surface area contributed by atoms with Crippen molar-refractivity contribution in [2.45, 2.75) is 18.7 Å². The van der Waals surface area contributed by atoms with E-state index in [-0.39, 0.29) is 6.42 Å². The van der Waals surface area contributed by atoms with Gasteiger partial charge in [0, 0.05) is 11.3 Å². The zero-order chi connectivity index (χ0) is 12.4. The second-order valence-electron chi connectivity index (χ2n) is 3.98. The third-order valence-electron chi connectivity index (χ3n) is 2.69. The number of benzene rings is 1. The van der Waals surface area contributed by atoms with Crippen LogP contribution in [-0.4, -0.2) is 28.5 Å². The van der Waals surface area contributed by atoms with E-state index in [1.807, 2.05) is 24.3 Å². The molecule has 0 bridgehead atoms. The summed E-state index contributed by atoms with van der Waals surface area (Å²) in [7, 11) is 0. The number of anilines is 1. The third kappa shape index (κ3) is 2.46. The van der Waals surface area contributed by atoms with Gasteiger partial charge in [0.25, 0.3) is 0 Å². The maximum absolute atomic E-state index is 10.7. The molecular weight excluding hydrogens is 220 g/mol. The average molecular weight is 234 g/mol. The Morgan fingerprint density at radius 3 is 2.88 bits per heavy atom. The van der Waals surface area contributed by atoms with Gasteiger partial charge in [-0.05, 0) is 24.1 Å². The number of nitrogens with one attached hydrogen (secondary N) is 1. The van der Waals surface area contributed by atoms with Crippen LogP contribution in [0.25, 0.3) is 5.57 Å². The fraction of sp³-hybridized carbons (Fsp3) is 0.250. The van der Waals surface area contributed by atoms with Crippen LogP contribution < -0.4 is 11.1 Å². The molecule has 5 heteroatoms. The van der Waals surface area contributed by atoms with Crippen molar-refractivity contribution in [2.24, 2.45) is 5.73 Å². The lowest BCUT2D eigenvalue weighted by molar-refractivity contribution is -0.138. The SMILES string of the molecule is NC(CC1=CC(O)Nc2ccccc21)C(=O)O. The summed E-state index contributed by atoms with van der Waals surface area (Å²) in [6, 6.07) is 6.45. The van der Waals surface area contributed by atoms with Crippen LogP contribution in [0, 0.1) is 0 Å². The molecule has 0 fully saturated rings. The third-order valence-corrected chi connectivity index (χ3v) is 2.69. The van der Waals surface area contributed by atoms with Gasteiger partial charge in [-0.2, -0.15) is 0 Å². The predicted molar refractivity (Wildman–Crippen MR) is 64.3 cm³/mol. The molecule has 0 aliphatic carbocycles. The first-order chi connectivity index (χ1) is 8.08. The summed E-state index contributed by atoms with van der Waals surface area (Å²) in [5, 5.41) is 21.3. The number of fused-ring (bicyclic) bond motifs is 1. The lowest BCUT2D eigenvalue weighted by atomic mass is 9.94. The van der Waals surface area contributed by atoms with Crippen LogP contribution in [0.15, 0.2) is 30.3 Å². The lowest BCUT2D eigenvalue weighted by Gasteiger charge is -2.24. The first-order valence-corrected chi connectivity index (χ1v) is 5.31. The van der Waals surface area contributed by atoms with Crippen molar-refractivity contribution < 1.29 is 15.0 Å². The molecule has 0 spiro atoms. The van der Waals surface area contributed by atoms with Gasteiger partial charge in [0.15, 0.2) is 0 Å². The zero-order valence-corrected chi connectivity index (χ0v) is 9.13. The van der Waals surface area contributed by atoms with Crippen molar-refractivity contribution in [1.29, 1.82) is 0 Å². The van der Waals surface area contributed by atoms with Crippen LogP contribution in [0.3, 0.4) is 0 Å². The van der Waals surface area contributed by atoms with E-state index in [1.165, 1.54) is 0 Å². The number of carboxylic acids is 1. The van der Waals surface area contributed by atoms with Gasteiger partial charge in [0.05, 0.1) is 0 Å². The van der Waals surface area contributed by atoms with E-state index < -0.39 is 18.2 Å². The highest BCUT2D eigenvalue weighted by atomic mass is 16.4. The van der Waals surface area contributed by atoms with E-state index in [0.717, 1.165) is 16.8 Å². The summed E-state index contributed by atoms with van der Waals surface area (Å²) < 4.78 is 0. The average Bonchev–Trinajstić information content (AvgIpc) is 2.28. The van der Waals surface area contributed by atoms with E-state index in [9.17, 15) is 9.90 Å². The smallest absolute Gasteiger partial charge is 0.320 e. The molecule has 5 N–H and O–H groups in total. The largest absolute Gasteiger partial charge is 0.480 e. The van der Waals surface area contributed by atoms with Crippen molar-refractivity contribution in [3.8, 4) is 0 Å². The topological polar surface area (TPSA) is 95.6 Å². The minimum atomic E-state index is -1.04. The maximum atomic E-state index is 10.7. The number of hydrogen-bond acceptors (Lipinski definition) is 4. The maximum Gasteiger partial charge on any atom is 0.320 e. The number of nitrogens with two attached hydrogens (primary N) is 1. The summed E-state index contributed by atoms with van der Waals surface area (Å²) in [4.78, 5) is 10.7. The first kappa shape index (κ1) is 11.6. The molecule has 17 heavy (non-hydrogen) atoms. The Morgan fingerprint density at radius 2 is 2.18 bits per heavy atom. The first-order valence-electron chi connectivity index (χ1n) is 5.31. The quantitative estimate of drug-likeness (QED) is 0.614. The summed E-state index contributed by atoms with van der Waals surface area (Å²) in [6.07, 6.45) is 0.983. The molecule has 1 aliphatic heterocycles. The van der Waals surface area contributed by atoms with Crippen LogP contribution >= 0.6 is 0 Å². The van der Waals surface area contributed by atoms with E-state index >= 15 is 0 Å². The number of rotatable bonds is 3. The normalized spacial score (nSPS) is 19.9. The molecule has 5 nitrogen and oxygen atoms in total. The van der Waals surface area contributed by atoms with E-state index in [1.54, 1.807) is 6.08 Å². The number of carbonyl (C=O) groups is 1. The van der Waals surface area contributed by atoms with Crippen LogP contribution in [-0.2, 0) is 4.79 Å². The van der Waals surface area contributed by atoms with Gasteiger partial charge in [0.1, 0.15) is 12.3 Å². The fourth-order valence-electron chi connectivity index (χ4n) is 1.87. The second-order valence-corrected chi connectivity index (χ2v) is 3.98. The molecule has 2 atom stereocenters. The van der Waals surface area contributed by atoms with Gasteiger partial charge in [-0.15, -0.1) is 0 Å². The highest BCUT2D eigenvalue weighted by Gasteiger charge is 2.21.